The molecule has 0 radical (unpaired) electrons. The van der Waals surface area contributed by atoms with Gasteiger partial charge in [-0.15, -0.1) is 0 Å². The summed E-state index contributed by atoms with van der Waals surface area (Å²) < 4.78 is 9.98. The summed E-state index contributed by atoms with van der Waals surface area (Å²) >= 11 is 0. The van der Waals surface area contributed by atoms with Crippen molar-refractivity contribution in [1.29, 1.82) is 0 Å². The molecule has 0 unspecified atom stereocenters. The van der Waals surface area contributed by atoms with Gasteiger partial charge >= 0.3 is 11.9 Å². The average Bonchev–Trinajstić information content (AvgIpc) is 3.15. The Morgan fingerprint density at radius 2 is 1.80 bits per heavy atom. The molecule has 7 nitrogen and oxygen atoms in total. The van der Waals surface area contributed by atoms with Gasteiger partial charge in [-0.2, -0.15) is 0 Å². The number of hydrogen-bond acceptors (Lipinski definition) is 5. The monoisotopic (exact) mass is 344 g/mol. The molecular formula is C18H20N2O5. The van der Waals surface area contributed by atoms with Crippen LogP contribution in [0.1, 0.15) is 40.6 Å². The Kier molecular flexibility index (Phi) is 6.76. The van der Waals surface area contributed by atoms with Crippen LogP contribution in [0.15, 0.2) is 42.6 Å². The summed E-state index contributed by atoms with van der Waals surface area (Å²) in [4.78, 5) is 37.9. The van der Waals surface area contributed by atoms with Gasteiger partial charge in [-0.25, -0.2) is 9.59 Å². The minimum absolute atomic E-state index is 0.277. The van der Waals surface area contributed by atoms with Crippen LogP contribution in [0.25, 0.3) is 0 Å². The summed E-state index contributed by atoms with van der Waals surface area (Å²) in [6.45, 7) is 2.00. The fraction of sp³-hybridized carbons (Fsp3) is 0.278. The Labute approximate surface area is 145 Å². The average molecular weight is 344 g/mol. The number of ether oxygens (including phenoxy) is 2. The standard InChI is InChI=1S/C18H20N2O5/c1-2-3-11-24-17(22)13-6-8-14(9-7-13)20-16(21)12-25-18(23)15-5-4-10-19-15/h4-10,19H,2-3,11-12H2,1H3,(H,20,21). The van der Waals surface area contributed by atoms with Crippen LogP contribution in [0.2, 0.25) is 0 Å². The molecule has 132 valence electrons. The van der Waals surface area contributed by atoms with Crippen molar-refractivity contribution in [2.24, 2.45) is 0 Å². The van der Waals surface area contributed by atoms with E-state index in [0.29, 0.717) is 17.9 Å². The van der Waals surface area contributed by atoms with E-state index in [4.69, 9.17) is 9.47 Å². The van der Waals surface area contributed by atoms with Crippen molar-refractivity contribution in [3.63, 3.8) is 0 Å². The summed E-state index contributed by atoms with van der Waals surface area (Å²) in [5, 5.41) is 2.58. The molecule has 1 amide bonds. The lowest BCUT2D eigenvalue weighted by Crippen LogP contribution is -2.21. The third-order valence-electron chi connectivity index (χ3n) is 3.29. The number of rotatable bonds is 8. The van der Waals surface area contributed by atoms with E-state index in [-0.39, 0.29) is 5.69 Å². The number of carbonyl (C=O) groups excluding carboxylic acids is 3. The van der Waals surface area contributed by atoms with Gasteiger partial charge in [0.1, 0.15) is 5.69 Å². The third-order valence-corrected chi connectivity index (χ3v) is 3.29. The van der Waals surface area contributed by atoms with Gasteiger partial charge in [0, 0.05) is 11.9 Å². The molecular weight excluding hydrogens is 324 g/mol. The second-order valence-corrected chi connectivity index (χ2v) is 5.27. The minimum Gasteiger partial charge on any atom is -0.462 e. The van der Waals surface area contributed by atoms with E-state index in [9.17, 15) is 14.4 Å². The van der Waals surface area contributed by atoms with Crippen molar-refractivity contribution in [3.05, 3.63) is 53.9 Å². The second-order valence-electron chi connectivity index (χ2n) is 5.27. The van der Waals surface area contributed by atoms with Crippen molar-refractivity contribution in [1.82, 2.24) is 4.98 Å². The largest absolute Gasteiger partial charge is 0.462 e. The van der Waals surface area contributed by atoms with E-state index in [1.54, 1.807) is 42.6 Å². The van der Waals surface area contributed by atoms with Crippen LogP contribution < -0.4 is 5.32 Å². The Balaban J connectivity index is 1.79. The lowest BCUT2D eigenvalue weighted by Gasteiger charge is -2.07. The van der Waals surface area contributed by atoms with Crippen LogP contribution in [0, 0.1) is 0 Å². The van der Waals surface area contributed by atoms with Crippen molar-refractivity contribution >= 4 is 23.5 Å². The Morgan fingerprint density at radius 1 is 1.04 bits per heavy atom. The topological polar surface area (TPSA) is 97.5 Å². The maximum atomic E-state index is 11.8. The molecule has 0 saturated heterocycles. The van der Waals surface area contributed by atoms with Crippen LogP contribution in [0.5, 0.6) is 0 Å². The molecule has 7 heteroatoms. The van der Waals surface area contributed by atoms with E-state index in [0.717, 1.165) is 12.8 Å². The number of amides is 1. The van der Waals surface area contributed by atoms with Gasteiger partial charge in [0.15, 0.2) is 6.61 Å². The van der Waals surface area contributed by atoms with Crippen LogP contribution in [0.4, 0.5) is 5.69 Å². The highest BCUT2D eigenvalue weighted by Gasteiger charge is 2.11. The first-order valence-electron chi connectivity index (χ1n) is 7.97. The number of H-pyrrole nitrogens is 1. The maximum Gasteiger partial charge on any atom is 0.355 e. The smallest absolute Gasteiger partial charge is 0.355 e. The highest BCUT2D eigenvalue weighted by Crippen LogP contribution is 2.11. The van der Waals surface area contributed by atoms with E-state index < -0.39 is 24.5 Å². The van der Waals surface area contributed by atoms with Crippen molar-refractivity contribution < 1.29 is 23.9 Å². The summed E-state index contributed by atoms with van der Waals surface area (Å²) in [6, 6.07) is 9.51. The van der Waals surface area contributed by atoms with Gasteiger partial charge < -0.3 is 19.8 Å². The number of anilines is 1. The SMILES string of the molecule is CCCCOC(=O)c1ccc(NC(=O)COC(=O)c2ccc[nH]2)cc1. The molecule has 0 atom stereocenters. The maximum absolute atomic E-state index is 11.8. The molecule has 0 aliphatic carbocycles. The quantitative estimate of drug-likeness (QED) is 0.567. The number of aromatic nitrogens is 1. The van der Waals surface area contributed by atoms with E-state index in [1.807, 2.05) is 6.92 Å². The molecule has 0 saturated carbocycles. The van der Waals surface area contributed by atoms with Crippen LogP contribution in [-0.4, -0.2) is 36.0 Å². The summed E-state index contributed by atoms with van der Waals surface area (Å²) in [5.41, 5.74) is 1.18. The molecule has 0 bridgehead atoms. The van der Waals surface area contributed by atoms with Crippen molar-refractivity contribution in [2.45, 2.75) is 19.8 Å². The first-order chi connectivity index (χ1) is 12.1. The van der Waals surface area contributed by atoms with Crippen molar-refractivity contribution in [2.75, 3.05) is 18.5 Å². The molecule has 1 heterocycles. The first kappa shape index (κ1) is 18.3. The first-order valence-corrected chi connectivity index (χ1v) is 7.97. The van der Waals surface area contributed by atoms with Crippen molar-refractivity contribution in [3.8, 4) is 0 Å². The minimum atomic E-state index is -0.606. The summed E-state index contributed by atoms with van der Waals surface area (Å²) in [5.74, 6) is -1.48. The molecule has 2 aromatic rings. The molecule has 0 aliphatic rings. The number of carbonyl (C=O) groups is 3. The fourth-order valence-electron chi connectivity index (χ4n) is 1.95. The molecule has 0 spiro atoms. The predicted octanol–water partition coefficient (Wildman–Crippen LogP) is 2.77. The molecule has 1 aromatic carbocycles. The van der Waals surface area contributed by atoms with Gasteiger partial charge in [-0.3, -0.25) is 4.79 Å². The van der Waals surface area contributed by atoms with Gasteiger partial charge in [0.2, 0.25) is 0 Å². The van der Waals surface area contributed by atoms with Gasteiger partial charge in [0.05, 0.1) is 12.2 Å². The Morgan fingerprint density at radius 3 is 2.44 bits per heavy atom. The number of aromatic amines is 1. The van der Waals surface area contributed by atoms with Gasteiger partial charge in [-0.05, 0) is 42.8 Å². The zero-order valence-corrected chi connectivity index (χ0v) is 13.9. The fourth-order valence-corrected chi connectivity index (χ4v) is 1.95. The molecule has 25 heavy (non-hydrogen) atoms. The molecule has 0 aliphatic heterocycles. The summed E-state index contributed by atoms with van der Waals surface area (Å²) in [6.07, 6.45) is 3.36. The number of esters is 2. The van der Waals surface area contributed by atoms with E-state index in [1.165, 1.54) is 0 Å². The third kappa shape index (κ3) is 5.80. The number of nitrogens with one attached hydrogen (secondary N) is 2. The Hall–Kier alpha value is -3.09. The summed E-state index contributed by atoms with van der Waals surface area (Å²) in [7, 11) is 0. The number of unbranched alkanes of at least 4 members (excludes halogenated alkanes) is 1. The van der Waals surface area contributed by atoms with Crippen LogP contribution in [0.3, 0.4) is 0 Å². The molecule has 0 fully saturated rings. The van der Waals surface area contributed by atoms with E-state index >= 15 is 0 Å². The number of hydrogen-bond donors (Lipinski definition) is 2. The second kappa shape index (κ2) is 9.27. The van der Waals surface area contributed by atoms with Gasteiger partial charge in [0.25, 0.3) is 5.91 Å². The van der Waals surface area contributed by atoms with Crippen LogP contribution >= 0.6 is 0 Å². The number of benzene rings is 1. The van der Waals surface area contributed by atoms with Crippen LogP contribution in [-0.2, 0) is 14.3 Å². The lowest BCUT2D eigenvalue weighted by molar-refractivity contribution is -0.119. The zero-order valence-electron chi connectivity index (χ0n) is 13.9. The molecule has 2 N–H and O–H groups in total. The molecule has 2 rings (SSSR count). The van der Waals surface area contributed by atoms with Gasteiger partial charge in [-0.1, -0.05) is 13.3 Å². The lowest BCUT2D eigenvalue weighted by atomic mass is 10.2. The predicted molar refractivity (Wildman–Crippen MR) is 91.3 cm³/mol. The highest BCUT2D eigenvalue weighted by molar-refractivity contribution is 5.95. The van der Waals surface area contributed by atoms with E-state index in [2.05, 4.69) is 10.3 Å². The normalized spacial score (nSPS) is 10.1. The molecule has 1 aromatic heterocycles. The zero-order chi connectivity index (χ0) is 18.1. The Bertz CT molecular complexity index is 708. The highest BCUT2D eigenvalue weighted by atomic mass is 16.5.